The van der Waals surface area contributed by atoms with Crippen molar-refractivity contribution in [2.75, 3.05) is 19.0 Å². The van der Waals surface area contributed by atoms with Gasteiger partial charge in [-0.15, -0.1) is 0 Å². The minimum absolute atomic E-state index is 0.493. The summed E-state index contributed by atoms with van der Waals surface area (Å²) in [7, 11) is 4.02. The lowest BCUT2D eigenvalue weighted by atomic mass is 10.0. The lowest BCUT2D eigenvalue weighted by molar-refractivity contribution is 0.175. The number of anilines is 1. The van der Waals surface area contributed by atoms with Crippen molar-refractivity contribution < 1.29 is 5.11 Å². The minimum atomic E-state index is -0.493. The van der Waals surface area contributed by atoms with Gasteiger partial charge in [0.25, 0.3) is 0 Å². The highest BCUT2D eigenvalue weighted by molar-refractivity contribution is 5.46. The summed E-state index contributed by atoms with van der Waals surface area (Å²) in [5.74, 6) is 0. The molecule has 114 valence electrons. The van der Waals surface area contributed by atoms with Crippen LogP contribution in [0.3, 0.4) is 0 Å². The molecule has 0 aliphatic heterocycles. The highest BCUT2D eigenvalue weighted by atomic mass is 16.3. The summed E-state index contributed by atoms with van der Waals surface area (Å²) in [6.07, 6.45) is 1.03. The first kappa shape index (κ1) is 15.6. The summed E-state index contributed by atoms with van der Waals surface area (Å²) in [4.78, 5) is 2.05. The van der Waals surface area contributed by atoms with E-state index >= 15 is 0 Å². The Hall–Kier alpha value is -1.81. The van der Waals surface area contributed by atoms with E-state index in [1.807, 2.05) is 43.0 Å². The molecule has 0 radical (unpaired) electrons. The Morgan fingerprint density at radius 1 is 1.19 bits per heavy atom. The molecular weight excluding hydrogens is 262 g/mol. The van der Waals surface area contributed by atoms with E-state index in [1.165, 1.54) is 0 Å². The van der Waals surface area contributed by atoms with Crippen LogP contribution in [-0.2, 0) is 19.4 Å². The first-order valence-electron chi connectivity index (χ1n) is 7.56. The standard InChI is InChI=1S/C17H25N3O/c1-5-14-11-16(20(6-2)18-14)12-17(21)13-7-9-15(10-8-13)19(3)4/h7-11,17,21H,5-6,12H2,1-4H3. The molecule has 0 aliphatic rings. The number of aliphatic hydroxyl groups excluding tert-OH is 1. The van der Waals surface area contributed by atoms with Crippen molar-refractivity contribution in [1.29, 1.82) is 0 Å². The fourth-order valence-corrected chi connectivity index (χ4v) is 2.44. The summed E-state index contributed by atoms with van der Waals surface area (Å²) in [6.45, 7) is 5.01. The summed E-state index contributed by atoms with van der Waals surface area (Å²) in [5.41, 5.74) is 4.26. The van der Waals surface area contributed by atoms with Crippen molar-refractivity contribution in [2.45, 2.75) is 39.3 Å². The Kier molecular flexibility index (Phi) is 5.02. The van der Waals surface area contributed by atoms with E-state index in [0.29, 0.717) is 6.42 Å². The molecule has 1 unspecified atom stereocenters. The number of aryl methyl sites for hydroxylation is 2. The largest absolute Gasteiger partial charge is 0.388 e. The molecule has 0 saturated heterocycles. The maximum atomic E-state index is 10.5. The Balaban J connectivity index is 2.13. The van der Waals surface area contributed by atoms with Crippen molar-refractivity contribution in [2.24, 2.45) is 0 Å². The van der Waals surface area contributed by atoms with Crippen molar-refractivity contribution in [3.8, 4) is 0 Å². The average molecular weight is 287 g/mol. The second-order valence-electron chi connectivity index (χ2n) is 5.50. The smallest absolute Gasteiger partial charge is 0.0845 e. The molecule has 4 heteroatoms. The number of hydrogen-bond acceptors (Lipinski definition) is 3. The molecule has 0 spiro atoms. The summed E-state index contributed by atoms with van der Waals surface area (Å²) in [6, 6.07) is 10.2. The lowest BCUT2D eigenvalue weighted by Crippen LogP contribution is -2.10. The zero-order chi connectivity index (χ0) is 15.4. The van der Waals surface area contributed by atoms with Gasteiger partial charge in [0.1, 0.15) is 0 Å². The van der Waals surface area contributed by atoms with Crippen LogP contribution in [0.15, 0.2) is 30.3 Å². The highest BCUT2D eigenvalue weighted by Gasteiger charge is 2.13. The third-order valence-corrected chi connectivity index (χ3v) is 3.77. The number of benzene rings is 1. The zero-order valence-corrected chi connectivity index (χ0v) is 13.4. The molecule has 1 N–H and O–H groups in total. The third kappa shape index (κ3) is 3.64. The number of nitrogens with zero attached hydrogens (tertiary/aromatic N) is 3. The molecule has 1 atom stereocenters. The van der Waals surface area contributed by atoms with Gasteiger partial charge < -0.3 is 10.0 Å². The van der Waals surface area contributed by atoms with Gasteiger partial charge in [0.2, 0.25) is 0 Å². The van der Waals surface area contributed by atoms with Gasteiger partial charge in [0.15, 0.2) is 0 Å². The van der Waals surface area contributed by atoms with Crippen LogP contribution in [0.2, 0.25) is 0 Å². The van der Waals surface area contributed by atoms with Gasteiger partial charge >= 0.3 is 0 Å². The quantitative estimate of drug-likeness (QED) is 0.888. The Morgan fingerprint density at radius 2 is 1.86 bits per heavy atom. The average Bonchev–Trinajstić information content (AvgIpc) is 2.89. The van der Waals surface area contributed by atoms with E-state index in [0.717, 1.165) is 35.6 Å². The number of rotatable bonds is 6. The Bertz CT molecular complexity index is 572. The predicted molar refractivity (Wildman–Crippen MR) is 86.7 cm³/mol. The fourth-order valence-electron chi connectivity index (χ4n) is 2.44. The molecule has 0 saturated carbocycles. The van der Waals surface area contributed by atoms with Gasteiger partial charge in [-0.3, -0.25) is 4.68 Å². The number of aromatic nitrogens is 2. The molecule has 1 aromatic carbocycles. The van der Waals surface area contributed by atoms with Crippen LogP contribution in [0.4, 0.5) is 5.69 Å². The van der Waals surface area contributed by atoms with E-state index in [4.69, 9.17) is 0 Å². The minimum Gasteiger partial charge on any atom is -0.388 e. The van der Waals surface area contributed by atoms with Crippen LogP contribution < -0.4 is 4.90 Å². The second-order valence-corrected chi connectivity index (χ2v) is 5.50. The van der Waals surface area contributed by atoms with Gasteiger partial charge in [0.05, 0.1) is 11.8 Å². The molecule has 21 heavy (non-hydrogen) atoms. The molecule has 0 fully saturated rings. The Morgan fingerprint density at radius 3 is 2.38 bits per heavy atom. The maximum Gasteiger partial charge on any atom is 0.0845 e. The predicted octanol–water partition coefficient (Wildman–Crippen LogP) is 2.81. The summed E-state index contributed by atoms with van der Waals surface area (Å²) >= 11 is 0. The van der Waals surface area contributed by atoms with Crippen molar-refractivity contribution in [3.63, 3.8) is 0 Å². The van der Waals surface area contributed by atoms with E-state index in [-0.39, 0.29) is 0 Å². The van der Waals surface area contributed by atoms with Gasteiger partial charge in [-0.2, -0.15) is 5.10 Å². The first-order chi connectivity index (χ1) is 10.0. The van der Waals surface area contributed by atoms with Crippen LogP contribution in [0.25, 0.3) is 0 Å². The zero-order valence-electron chi connectivity index (χ0n) is 13.4. The normalized spacial score (nSPS) is 12.4. The van der Waals surface area contributed by atoms with Gasteiger partial charge in [-0.25, -0.2) is 0 Å². The molecule has 0 aliphatic carbocycles. The molecule has 4 nitrogen and oxygen atoms in total. The third-order valence-electron chi connectivity index (χ3n) is 3.77. The topological polar surface area (TPSA) is 41.3 Å². The lowest BCUT2D eigenvalue weighted by Gasteiger charge is -2.15. The monoisotopic (exact) mass is 287 g/mol. The van der Waals surface area contributed by atoms with E-state index in [9.17, 15) is 5.11 Å². The fraction of sp³-hybridized carbons (Fsp3) is 0.471. The summed E-state index contributed by atoms with van der Waals surface area (Å²) < 4.78 is 1.98. The van der Waals surface area contributed by atoms with E-state index in [2.05, 4.69) is 29.9 Å². The number of aliphatic hydroxyl groups is 1. The number of hydrogen-bond donors (Lipinski definition) is 1. The summed E-state index contributed by atoms with van der Waals surface area (Å²) in [5, 5.41) is 15.0. The molecule has 2 aromatic rings. The first-order valence-corrected chi connectivity index (χ1v) is 7.56. The van der Waals surface area contributed by atoms with Crippen molar-refractivity contribution >= 4 is 5.69 Å². The van der Waals surface area contributed by atoms with E-state index < -0.39 is 6.10 Å². The maximum absolute atomic E-state index is 10.5. The van der Waals surface area contributed by atoms with Gasteiger partial charge in [-0.05, 0) is 37.1 Å². The molecule has 1 heterocycles. The molecule has 2 rings (SSSR count). The van der Waals surface area contributed by atoms with Gasteiger partial charge in [-0.1, -0.05) is 19.1 Å². The van der Waals surface area contributed by atoms with Crippen LogP contribution in [-0.4, -0.2) is 29.0 Å². The van der Waals surface area contributed by atoms with Crippen LogP contribution in [0.5, 0.6) is 0 Å². The van der Waals surface area contributed by atoms with Crippen molar-refractivity contribution in [3.05, 3.63) is 47.3 Å². The van der Waals surface area contributed by atoms with Crippen molar-refractivity contribution in [1.82, 2.24) is 9.78 Å². The molecule has 0 bridgehead atoms. The van der Waals surface area contributed by atoms with Crippen LogP contribution in [0.1, 0.15) is 36.9 Å². The van der Waals surface area contributed by atoms with Crippen LogP contribution >= 0.6 is 0 Å². The molecule has 1 aromatic heterocycles. The SMILES string of the molecule is CCc1cc(CC(O)c2ccc(N(C)C)cc2)n(CC)n1. The highest BCUT2D eigenvalue weighted by Crippen LogP contribution is 2.22. The Labute approximate surface area is 127 Å². The second kappa shape index (κ2) is 6.76. The van der Waals surface area contributed by atoms with Gasteiger partial charge in [0, 0.05) is 38.4 Å². The van der Waals surface area contributed by atoms with Crippen LogP contribution in [0, 0.1) is 0 Å². The van der Waals surface area contributed by atoms with E-state index in [1.54, 1.807) is 0 Å². The molecule has 0 amide bonds. The molecular formula is C17H25N3O.